The second kappa shape index (κ2) is 11.8. The number of hydrogen-bond donors (Lipinski definition) is 2. The lowest BCUT2D eigenvalue weighted by Gasteiger charge is -2.48. The third-order valence-corrected chi connectivity index (χ3v) is 8.10. The van der Waals surface area contributed by atoms with Crippen LogP contribution in [0.2, 0.25) is 15.3 Å². The average Bonchev–Trinajstić information content (AvgIpc) is 3.42. The number of nitrogens with two attached hydrogens (primary N) is 1. The molecule has 3 atom stereocenters. The van der Waals surface area contributed by atoms with E-state index in [9.17, 15) is 0 Å². The van der Waals surface area contributed by atoms with Gasteiger partial charge in [-0.3, -0.25) is 4.90 Å². The summed E-state index contributed by atoms with van der Waals surface area (Å²) in [4.78, 5) is 13.7. The van der Waals surface area contributed by atoms with Crippen LogP contribution in [0.5, 0.6) is 0 Å². The standard InChI is InChI=1S/C28H33Cl3N6O/c1-17-16-37(27-24(32)26(34-28(31)35-27)33-14-23-4-3-13-38-23)18(2)15-36(17)25(19-5-9-21(29)10-6-19)20-7-11-22(30)12-8-20/h5-12,17-18,23,25H,3-4,13-16,32H2,1-2H3,(H,33,34,35)/t17-,18+,23-/m1/s1. The minimum absolute atomic E-state index is 0.0408. The summed E-state index contributed by atoms with van der Waals surface area (Å²) in [5, 5.41) is 4.94. The fourth-order valence-electron chi connectivity index (χ4n) is 5.47. The lowest BCUT2D eigenvalue weighted by Crippen LogP contribution is -2.57. The van der Waals surface area contributed by atoms with Gasteiger partial charge >= 0.3 is 0 Å². The number of rotatable bonds is 7. The van der Waals surface area contributed by atoms with Crippen LogP contribution in [0.25, 0.3) is 0 Å². The zero-order chi connectivity index (χ0) is 26.8. The SMILES string of the molecule is C[C@@H]1CN(c2nc(Cl)nc(NC[C@H]3CCCO3)c2N)[C@@H](C)CN1C(c1ccc(Cl)cc1)c1ccc(Cl)cc1. The van der Waals surface area contributed by atoms with E-state index in [2.05, 4.69) is 63.2 Å². The highest BCUT2D eigenvalue weighted by atomic mass is 35.5. The van der Waals surface area contributed by atoms with Crippen LogP contribution in [0, 0.1) is 0 Å². The smallest absolute Gasteiger partial charge is 0.226 e. The van der Waals surface area contributed by atoms with Crippen LogP contribution >= 0.6 is 34.8 Å². The Balaban J connectivity index is 1.41. The van der Waals surface area contributed by atoms with Crippen molar-refractivity contribution in [2.45, 2.75) is 50.9 Å². The summed E-state index contributed by atoms with van der Waals surface area (Å²) < 4.78 is 5.73. The molecule has 5 rings (SSSR count). The van der Waals surface area contributed by atoms with Crippen LogP contribution in [0.15, 0.2) is 48.5 Å². The Kier molecular flexibility index (Phi) is 8.50. The largest absolute Gasteiger partial charge is 0.393 e. The average molecular weight is 576 g/mol. The number of anilines is 3. The molecular formula is C28H33Cl3N6O. The first-order valence-corrected chi connectivity index (χ1v) is 14.2. The molecule has 0 saturated carbocycles. The van der Waals surface area contributed by atoms with Gasteiger partial charge in [-0.1, -0.05) is 47.5 Å². The summed E-state index contributed by atoms with van der Waals surface area (Å²) in [6, 6.07) is 16.5. The minimum atomic E-state index is 0.0408. The molecule has 7 nitrogen and oxygen atoms in total. The number of ether oxygens (including phenoxy) is 1. The van der Waals surface area contributed by atoms with Gasteiger partial charge in [-0.25, -0.2) is 0 Å². The van der Waals surface area contributed by atoms with Crippen molar-refractivity contribution in [1.82, 2.24) is 14.9 Å². The van der Waals surface area contributed by atoms with Crippen molar-refractivity contribution in [3.63, 3.8) is 0 Å². The van der Waals surface area contributed by atoms with Crippen LogP contribution < -0.4 is 16.0 Å². The fourth-order valence-corrected chi connectivity index (χ4v) is 5.89. The summed E-state index contributed by atoms with van der Waals surface area (Å²) >= 11 is 18.8. The van der Waals surface area contributed by atoms with Crippen molar-refractivity contribution >= 4 is 52.1 Å². The topological polar surface area (TPSA) is 79.5 Å². The zero-order valence-electron chi connectivity index (χ0n) is 21.6. The molecule has 0 aliphatic carbocycles. The van der Waals surface area contributed by atoms with E-state index >= 15 is 0 Å². The molecule has 0 spiro atoms. The number of hydrogen-bond acceptors (Lipinski definition) is 7. The molecule has 38 heavy (non-hydrogen) atoms. The molecular weight excluding hydrogens is 543 g/mol. The maximum atomic E-state index is 6.61. The molecule has 2 aliphatic heterocycles. The molecule has 2 aliphatic rings. The van der Waals surface area contributed by atoms with Crippen molar-refractivity contribution in [2.24, 2.45) is 0 Å². The molecule has 10 heteroatoms. The van der Waals surface area contributed by atoms with Crippen molar-refractivity contribution in [2.75, 3.05) is 42.2 Å². The zero-order valence-corrected chi connectivity index (χ0v) is 23.8. The van der Waals surface area contributed by atoms with E-state index in [1.54, 1.807) is 0 Å². The van der Waals surface area contributed by atoms with Gasteiger partial charge in [0.1, 0.15) is 5.69 Å². The molecule has 0 unspecified atom stereocenters. The molecule has 202 valence electrons. The van der Waals surface area contributed by atoms with Crippen LogP contribution in [0.1, 0.15) is 43.9 Å². The number of nitrogens with zero attached hydrogens (tertiary/aromatic N) is 4. The van der Waals surface area contributed by atoms with Gasteiger partial charge in [0, 0.05) is 48.4 Å². The Bertz CT molecular complexity index is 1190. The van der Waals surface area contributed by atoms with E-state index in [1.807, 2.05) is 24.3 Å². The van der Waals surface area contributed by atoms with Gasteiger partial charge in [-0.15, -0.1) is 0 Å². The first-order chi connectivity index (χ1) is 18.3. The first-order valence-electron chi connectivity index (χ1n) is 13.0. The van der Waals surface area contributed by atoms with Gasteiger partial charge in [0.15, 0.2) is 11.6 Å². The summed E-state index contributed by atoms with van der Waals surface area (Å²) in [7, 11) is 0. The Hall–Kier alpha value is -2.29. The quantitative estimate of drug-likeness (QED) is 0.320. The lowest BCUT2D eigenvalue weighted by molar-refractivity contribution is 0.120. The predicted octanol–water partition coefficient (Wildman–Crippen LogP) is 6.30. The molecule has 2 fully saturated rings. The summed E-state index contributed by atoms with van der Waals surface area (Å²) in [6.07, 6.45) is 2.26. The van der Waals surface area contributed by atoms with Gasteiger partial charge in [-0.2, -0.15) is 9.97 Å². The lowest BCUT2D eigenvalue weighted by atomic mass is 9.93. The number of nitrogen functional groups attached to an aromatic ring is 1. The Labute approximate surface area is 239 Å². The number of piperazine rings is 1. The second-order valence-corrected chi connectivity index (χ2v) is 11.4. The van der Waals surface area contributed by atoms with E-state index in [-0.39, 0.29) is 29.5 Å². The maximum Gasteiger partial charge on any atom is 0.226 e. The van der Waals surface area contributed by atoms with Gasteiger partial charge in [0.2, 0.25) is 5.28 Å². The highest BCUT2D eigenvalue weighted by molar-refractivity contribution is 6.30. The fraction of sp³-hybridized carbons (Fsp3) is 0.429. The number of aromatic nitrogens is 2. The molecule has 0 radical (unpaired) electrons. The van der Waals surface area contributed by atoms with E-state index in [1.165, 1.54) is 11.1 Å². The molecule has 2 aromatic carbocycles. The van der Waals surface area contributed by atoms with Crippen LogP contribution in [-0.2, 0) is 4.74 Å². The molecule has 2 saturated heterocycles. The predicted molar refractivity (Wildman–Crippen MR) is 157 cm³/mol. The van der Waals surface area contributed by atoms with Gasteiger partial charge < -0.3 is 20.7 Å². The summed E-state index contributed by atoms with van der Waals surface area (Å²) in [5.41, 5.74) is 9.47. The number of nitrogens with one attached hydrogen (secondary N) is 1. The van der Waals surface area contributed by atoms with Crippen LogP contribution in [-0.4, -0.2) is 59.3 Å². The van der Waals surface area contributed by atoms with Gasteiger partial charge in [-0.05, 0) is 73.7 Å². The molecule has 1 aromatic heterocycles. The number of halogens is 3. The Morgan fingerprint density at radius 3 is 2.16 bits per heavy atom. The van der Waals surface area contributed by atoms with Crippen molar-refractivity contribution in [3.8, 4) is 0 Å². The first kappa shape index (κ1) is 27.3. The van der Waals surface area contributed by atoms with E-state index in [4.69, 9.17) is 45.3 Å². The van der Waals surface area contributed by atoms with Crippen LogP contribution in [0.3, 0.4) is 0 Å². The summed E-state index contributed by atoms with van der Waals surface area (Å²) in [5.74, 6) is 1.21. The molecule has 3 aromatic rings. The normalized spacial score (nSPS) is 22.3. The van der Waals surface area contributed by atoms with Crippen LogP contribution in [0.4, 0.5) is 17.3 Å². The molecule has 3 heterocycles. The van der Waals surface area contributed by atoms with E-state index < -0.39 is 0 Å². The Morgan fingerprint density at radius 2 is 1.58 bits per heavy atom. The third-order valence-electron chi connectivity index (χ3n) is 7.43. The maximum absolute atomic E-state index is 6.61. The molecule has 0 bridgehead atoms. The van der Waals surface area contributed by atoms with Crippen molar-refractivity contribution in [1.29, 1.82) is 0 Å². The molecule has 3 N–H and O–H groups in total. The monoisotopic (exact) mass is 574 g/mol. The van der Waals surface area contributed by atoms with E-state index in [0.29, 0.717) is 23.9 Å². The van der Waals surface area contributed by atoms with Crippen molar-refractivity contribution < 1.29 is 4.74 Å². The third kappa shape index (κ3) is 5.97. The van der Waals surface area contributed by atoms with E-state index in [0.717, 1.165) is 42.6 Å². The highest BCUT2D eigenvalue weighted by Gasteiger charge is 2.36. The van der Waals surface area contributed by atoms with Crippen molar-refractivity contribution in [3.05, 3.63) is 75.0 Å². The molecule has 0 amide bonds. The van der Waals surface area contributed by atoms with Gasteiger partial charge in [0.25, 0.3) is 0 Å². The van der Waals surface area contributed by atoms with Gasteiger partial charge in [0.05, 0.1) is 12.1 Å². The summed E-state index contributed by atoms with van der Waals surface area (Å²) in [6.45, 7) is 7.37. The highest BCUT2D eigenvalue weighted by Crippen LogP contribution is 2.37. The Morgan fingerprint density at radius 1 is 0.947 bits per heavy atom. The second-order valence-electron chi connectivity index (χ2n) is 10.1. The minimum Gasteiger partial charge on any atom is -0.393 e. The number of benzene rings is 2.